The molecule has 0 aliphatic carbocycles. The molecule has 0 radical (unpaired) electrons. The first-order valence-corrected chi connectivity index (χ1v) is 3.10. The first-order valence-electron chi connectivity index (χ1n) is 1.18. The van der Waals surface area contributed by atoms with Gasteiger partial charge in [-0.25, -0.2) is 5.40 Å². The van der Waals surface area contributed by atoms with Crippen molar-refractivity contribution in [3.05, 3.63) is 11.1 Å². The Morgan fingerprint density at radius 2 is 1.83 bits per heavy atom. The Hall–Kier alpha value is -0.413. The van der Waals surface area contributed by atoms with E-state index in [1.165, 1.54) is 0 Å². The molecule has 0 spiro atoms. The molecule has 0 amide bonds. The van der Waals surface area contributed by atoms with E-state index in [0.717, 1.165) is 0 Å². The Labute approximate surface area is 36.1 Å². The molecule has 0 rings (SSSR count). The van der Waals surface area contributed by atoms with Crippen LogP contribution in [0.2, 0.25) is 0 Å². The van der Waals surface area contributed by atoms with Crippen LogP contribution in [-0.4, -0.2) is 18.5 Å². The minimum absolute atomic E-state index is 2.30. The van der Waals surface area contributed by atoms with Crippen LogP contribution in [0.25, 0.3) is 4.51 Å². The number of nitrogens with zero attached hydrogens (tertiary/aromatic N) is 1. The van der Waals surface area contributed by atoms with Crippen molar-refractivity contribution in [3.8, 4) is 0 Å². The van der Waals surface area contributed by atoms with Gasteiger partial charge in [0, 0.05) is 0 Å². The molecule has 5 heteroatoms. The van der Waals surface area contributed by atoms with Crippen LogP contribution in [0, 0.1) is 6.57 Å². The maximum Gasteiger partial charge on any atom is 0.866 e. The molecule has 0 aliphatic rings. The molecule has 0 heterocycles. The van der Waals surface area contributed by atoms with Crippen molar-refractivity contribution in [2.45, 2.75) is 0 Å². The van der Waals surface area contributed by atoms with E-state index in [2.05, 4.69) is 9.91 Å². The molecule has 0 fully saturated rings. The lowest BCUT2D eigenvalue weighted by atomic mass is 11.9. The normalized spacial score (nSPS) is 10.3. The van der Waals surface area contributed by atoms with E-state index in [0.29, 0.717) is 0 Å². The van der Waals surface area contributed by atoms with Gasteiger partial charge in [0.15, 0.2) is 0 Å². The topological polar surface area (TPSA) is 70.8 Å². The summed E-state index contributed by atoms with van der Waals surface area (Å²) in [7, 11) is -3.84. The molecule has 0 bridgehead atoms. The SMILES string of the molecule is [C-]#[N+][Si](N)(O)O. The van der Waals surface area contributed by atoms with E-state index in [9.17, 15) is 0 Å². The maximum absolute atomic E-state index is 7.94. The van der Waals surface area contributed by atoms with Crippen molar-refractivity contribution in [1.82, 2.24) is 0 Å². The summed E-state index contributed by atoms with van der Waals surface area (Å²) in [4.78, 5) is 15.9. The average molecular weight is 104 g/mol. The number of nitrogens with two attached hydrogens (primary N) is 1. The van der Waals surface area contributed by atoms with Crippen LogP contribution in [0.3, 0.4) is 0 Å². The largest absolute Gasteiger partial charge is 0.866 e. The summed E-state index contributed by atoms with van der Waals surface area (Å²) in [6, 6.07) is 0. The van der Waals surface area contributed by atoms with Gasteiger partial charge in [-0.3, -0.25) is 6.57 Å². The Kier molecular flexibility index (Phi) is 1.27. The van der Waals surface area contributed by atoms with E-state index in [1.54, 1.807) is 0 Å². The molecule has 6 heavy (non-hydrogen) atoms. The van der Waals surface area contributed by atoms with E-state index in [-0.39, 0.29) is 0 Å². The van der Waals surface area contributed by atoms with Gasteiger partial charge in [0.2, 0.25) is 0 Å². The van der Waals surface area contributed by atoms with Gasteiger partial charge < -0.3 is 14.1 Å². The first kappa shape index (κ1) is 5.59. The van der Waals surface area contributed by atoms with Gasteiger partial charge in [-0.2, -0.15) is 0 Å². The molecule has 0 aromatic carbocycles. The smallest absolute Gasteiger partial charge is 0.348 e. The highest BCUT2D eigenvalue weighted by atomic mass is 28.4. The maximum atomic E-state index is 7.94. The third-order valence-electron chi connectivity index (χ3n) is 0.165. The van der Waals surface area contributed by atoms with Crippen LogP contribution in [-0.2, 0) is 0 Å². The average Bonchev–Trinajstić information content (AvgIpc) is 1.35. The summed E-state index contributed by atoms with van der Waals surface area (Å²) >= 11 is 0. The molecule has 0 unspecified atom stereocenters. The third-order valence-corrected chi connectivity index (χ3v) is 0.494. The lowest BCUT2D eigenvalue weighted by Crippen LogP contribution is -2.42. The first-order chi connectivity index (χ1) is 2.56. The van der Waals surface area contributed by atoms with Crippen molar-refractivity contribution >= 4 is 8.88 Å². The van der Waals surface area contributed by atoms with E-state index in [4.69, 9.17) is 16.2 Å². The Morgan fingerprint density at radius 1 is 1.67 bits per heavy atom. The lowest BCUT2D eigenvalue weighted by Gasteiger charge is -1.85. The monoisotopic (exact) mass is 104 g/mol. The van der Waals surface area contributed by atoms with Crippen molar-refractivity contribution in [3.63, 3.8) is 0 Å². The highest BCUT2D eigenvalue weighted by molar-refractivity contribution is 6.64. The summed E-state index contributed by atoms with van der Waals surface area (Å²) < 4.78 is 2.30. The van der Waals surface area contributed by atoms with Crippen LogP contribution in [0.4, 0.5) is 0 Å². The van der Waals surface area contributed by atoms with Gasteiger partial charge in [0.25, 0.3) is 0 Å². The van der Waals surface area contributed by atoms with Gasteiger partial charge in [0.1, 0.15) is 0 Å². The summed E-state index contributed by atoms with van der Waals surface area (Å²) in [5, 5.41) is 4.43. The van der Waals surface area contributed by atoms with E-state index in [1.807, 2.05) is 0 Å². The van der Waals surface area contributed by atoms with Gasteiger partial charge in [-0.1, -0.05) is 0 Å². The van der Waals surface area contributed by atoms with Crippen LogP contribution in [0.15, 0.2) is 0 Å². The standard InChI is InChI=1S/CH4N2O2Si/c1-3-6(2,4)5/h4-5H,2H2. The fourth-order valence-corrected chi connectivity index (χ4v) is 0. The second-order valence-corrected chi connectivity index (χ2v) is 2.40. The summed E-state index contributed by atoms with van der Waals surface area (Å²) in [5.74, 6) is 0. The fraction of sp³-hybridized carbons (Fsp3) is 0. The zero-order chi connectivity index (χ0) is 5.21. The van der Waals surface area contributed by atoms with Gasteiger partial charge in [-0.15, -0.1) is 0 Å². The molecule has 0 saturated carbocycles. The van der Waals surface area contributed by atoms with Crippen molar-refractivity contribution < 1.29 is 9.59 Å². The zero-order valence-electron chi connectivity index (χ0n) is 2.92. The molecule has 0 aliphatic heterocycles. The lowest BCUT2D eigenvalue weighted by molar-refractivity contribution is 0.380. The quantitative estimate of drug-likeness (QED) is 0.253. The minimum Gasteiger partial charge on any atom is -0.348 e. The van der Waals surface area contributed by atoms with E-state index >= 15 is 0 Å². The highest BCUT2D eigenvalue weighted by Gasteiger charge is 2.37. The molecule has 34 valence electrons. The van der Waals surface area contributed by atoms with Crippen LogP contribution >= 0.6 is 0 Å². The van der Waals surface area contributed by atoms with Gasteiger partial charge >= 0.3 is 8.88 Å². The zero-order valence-corrected chi connectivity index (χ0v) is 3.92. The Bertz CT molecular complexity index is 78.5. The number of hydrogen-bond donors (Lipinski definition) is 3. The van der Waals surface area contributed by atoms with E-state index < -0.39 is 8.88 Å². The minimum atomic E-state index is -3.84. The molecule has 0 aromatic rings. The molecule has 0 atom stereocenters. The van der Waals surface area contributed by atoms with Crippen LogP contribution in [0.1, 0.15) is 0 Å². The van der Waals surface area contributed by atoms with Gasteiger partial charge in [-0.05, 0) is 0 Å². The molecule has 4 nitrogen and oxygen atoms in total. The van der Waals surface area contributed by atoms with Crippen molar-refractivity contribution in [1.29, 1.82) is 0 Å². The third kappa shape index (κ3) is 3.59. The number of rotatable bonds is 0. The predicted molar refractivity (Wildman–Crippen MR) is 21.0 cm³/mol. The molecule has 0 aromatic heterocycles. The second kappa shape index (κ2) is 1.36. The molecule has 4 N–H and O–H groups in total. The van der Waals surface area contributed by atoms with Crippen LogP contribution < -0.4 is 5.40 Å². The van der Waals surface area contributed by atoms with Crippen molar-refractivity contribution in [2.24, 2.45) is 5.40 Å². The molecular weight excluding hydrogens is 100 g/mol. The highest BCUT2D eigenvalue weighted by Crippen LogP contribution is 1.75. The number of hydrogen-bond acceptors (Lipinski definition) is 3. The predicted octanol–water partition coefficient (Wildman–Crippen LogP) is -1.72. The molecular formula is CH4N2O2Si. The molecule has 0 saturated heterocycles. The van der Waals surface area contributed by atoms with Gasteiger partial charge in [0.05, 0.1) is 0 Å². The summed E-state index contributed by atoms with van der Waals surface area (Å²) in [5.41, 5.74) is 0. The van der Waals surface area contributed by atoms with Crippen molar-refractivity contribution in [2.75, 3.05) is 0 Å². The fourth-order valence-electron chi connectivity index (χ4n) is 0. The van der Waals surface area contributed by atoms with Crippen LogP contribution in [0.5, 0.6) is 0 Å². The Balaban J connectivity index is 3.55. The second-order valence-electron chi connectivity index (χ2n) is 0.799. The Morgan fingerprint density at radius 3 is 1.83 bits per heavy atom. The summed E-state index contributed by atoms with van der Waals surface area (Å²) in [6.45, 7) is 5.92. The summed E-state index contributed by atoms with van der Waals surface area (Å²) in [6.07, 6.45) is 0.